The third kappa shape index (κ3) is 14.3. The van der Waals surface area contributed by atoms with Gasteiger partial charge in [0.25, 0.3) is 11.7 Å². The van der Waals surface area contributed by atoms with Crippen molar-refractivity contribution in [1.29, 1.82) is 0 Å². The Bertz CT molecular complexity index is 1760. The average Bonchev–Trinajstić information content (AvgIpc) is 3.28. The summed E-state index contributed by atoms with van der Waals surface area (Å²) in [7, 11) is 4.42. The number of rotatable bonds is 6. The highest BCUT2D eigenvalue weighted by atomic mass is 19.1. The van der Waals surface area contributed by atoms with Crippen molar-refractivity contribution in [3.63, 3.8) is 0 Å². The number of carbonyl (C=O) groups excluding carboxylic acids is 5. The Balaban J connectivity index is 1.70. The summed E-state index contributed by atoms with van der Waals surface area (Å²) in [5.74, 6) is -8.44. The van der Waals surface area contributed by atoms with Gasteiger partial charge in [0.05, 0.1) is 24.4 Å². The lowest BCUT2D eigenvalue weighted by Gasteiger charge is -2.42. The van der Waals surface area contributed by atoms with E-state index in [1.165, 1.54) is 25.0 Å². The fraction of sp³-hybridized carbons (Fsp3) is 0.745. The van der Waals surface area contributed by atoms with Crippen LogP contribution in [0.15, 0.2) is 47.6 Å². The molecule has 4 aliphatic rings. The van der Waals surface area contributed by atoms with Gasteiger partial charge < -0.3 is 38.8 Å². The number of cyclic esters (lactones) is 1. The fourth-order valence-corrected chi connectivity index (χ4v) is 10.1. The number of halogens is 1. The van der Waals surface area contributed by atoms with Crippen molar-refractivity contribution < 1.29 is 62.3 Å². The van der Waals surface area contributed by atoms with Gasteiger partial charge in [0.15, 0.2) is 18.1 Å². The van der Waals surface area contributed by atoms with Crippen molar-refractivity contribution >= 4 is 29.2 Å². The van der Waals surface area contributed by atoms with Crippen LogP contribution in [0.5, 0.6) is 0 Å². The van der Waals surface area contributed by atoms with E-state index in [1.807, 2.05) is 51.2 Å². The lowest BCUT2D eigenvalue weighted by atomic mass is 9.78. The lowest BCUT2D eigenvalue weighted by Crippen LogP contribution is -2.61. The Labute approximate surface area is 386 Å². The molecule has 366 valence electrons. The van der Waals surface area contributed by atoms with E-state index < -0.39 is 83.9 Å². The molecule has 2 saturated heterocycles. The number of aliphatic hydroxyl groups excluding tert-OH is 1. The number of nitrogens with zero attached hydrogens (tertiary/aromatic N) is 1. The van der Waals surface area contributed by atoms with Crippen LogP contribution in [0.1, 0.15) is 126 Å². The highest BCUT2D eigenvalue weighted by Gasteiger charge is 2.53. The summed E-state index contributed by atoms with van der Waals surface area (Å²) in [6.45, 7) is 12.4. The normalized spacial score (nSPS) is 39.1. The first-order valence-electron chi connectivity index (χ1n) is 23.9. The number of hydrogen-bond acceptors (Lipinski definition) is 12. The zero-order valence-corrected chi connectivity index (χ0v) is 40.5. The molecular formula is C51H78FNO12. The van der Waals surface area contributed by atoms with Gasteiger partial charge in [-0.1, -0.05) is 71.1 Å². The molecule has 2 N–H and O–H groups in total. The number of piperidine rings is 1. The van der Waals surface area contributed by atoms with E-state index in [9.17, 15) is 34.2 Å². The summed E-state index contributed by atoms with van der Waals surface area (Å²) in [5, 5.41) is 22.4. The van der Waals surface area contributed by atoms with Crippen LogP contribution in [-0.4, -0.2) is 127 Å². The van der Waals surface area contributed by atoms with Crippen LogP contribution in [0, 0.1) is 35.5 Å². The van der Waals surface area contributed by atoms with Gasteiger partial charge in [0.1, 0.15) is 17.9 Å². The average molecular weight is 916 g/mol. The Morgan fingerprint density at radius 2 is 1.60 bits per heavy atom. The molecule has 1 saturated carbocycles. The Morgan fingerprint density at radius 3 is 2.28 bits per heavy atom. The number of esters is 1. The monoisotopic (exact) mass is 916 g/mol. The van der Waals surface area contributed by atoms with Crippen LogP contribution < -0.4 is 0 Å². The fourth-order valence-electron chi connectivity index (χ4n) is 10.1. The molecule has 15 atom stereocenters. The quantitative estimate of drug-likeness (QED) is 0.157. The molecular weight excluding hydrogens is 838 g/mol. The van der Waals surface area contributed by atoms with Crippen LogP contribution >= 0.6 is 0 Å². The third-order valence-corrected chi connectivity index (χ3v) is 14.4. The van der Waals surface area contributed by atoms with E-state index >= 15 is 4.39 Å². The number of Topliss-reactive ketones (excluding diaryl/α,β-unsaturated/α-hetero) is 3. The minimum atomic E-state index is -2.44. The highest BCUT2D eigenvalue weighted by Crippen LogP contribution is 2.38. The molecule has 2 bridgehead atoms. The Kier molecular flexibility index (Phi) is 20.9. The van der Waals surface area contributed by atoms with Crippen molar-refractivity contribution in [3.8, 4) is 0 Å². The zero-order chi connectivity index (χ0) is 48.2. The Hall–Kier alpha value is -3.40. The molecule has 3 heterocycles. The maximum Gasteiger partial charge on any atom is 0.329 e. The molecule has 0 radical (unpaired) electrons. The first-order chi connectivity index (χ1) is 30.7. The Morgan fingerprint density at radius 1 is 0.877 bits per heavy atom. The van der Waals surface area contributed by atoms with Crippen LogP contribution in [0.4, 0.5) is 4.39 Å². The number of fused-ring (bicyclic) bond motifs is 3. The molecule has 4 rings (SSSR count). The molecule has 0 spiro atoms. The van der Waals surface area contributed by atoms with Crippen LogP contribution in [-0.2, 0) is 47.7 Å². The highest BCUT2D eigenvalue weighted by molar-refractivity contribution is 6.39. The summed E-state index contributed by atoms with van der Waals surface area (Å²) in [6.07, 6.45) is 9.94. The molecule has 65 heavy (non-hydrogen) atoms. The van der Waals surface area contributed by atoms with Gasteiger partial charge in [-0.25, -0.2) is 9.18 Å². The van der Waals surface area contributed by atoms with E-state index in [4.69, 9.17) is 23.7 Å². The minimum absolute atomic E-state index is 0.0215. The number of hydrogen-bond donors (Lipinski definition) is 2. The van der Waals surface area contributed by atoms with Crippen molar-refractivity contribution in [3.05, 3.63) is 47.6 Å². The molecule has 3 unspecified atom stereocenters. The van der Waals surface area contributed by atoms with Gasteiger partial charge in [0.2, 0.25) is 5.79 Å². The number of aliphatic hydroxyl groups is 2. The van der Waals surface area contributed by atoms with Gasteiger partial charge in [-0.3, -0.25) is 19.2 Å². The summed E-state index contributed by atoms with van der Waals surface area (Å²) >= 11 is 0. The number of allylic oxidation sites excluding steroid dienone is 6. The van der Waals surface area contributed by atoms with Gasteiger partial charge in [-0.2, -0.15) is 0 Å². The molecule has 3 fully saturated rings. The molecule has 0 aromatic heterocycles. The number of ketones is 3. The van der Waals surface area contributed by atoms with E-state index in [2.05, 4.69) is 0 Å². The van der Waals surface area contributed by atoms with Gasteiger partial charge >= 0.3 is 5.97 Å². The van der Waals surface area contributed by atoms with Crippen molar-refractivity contribution in [1.82, 2.24) is 4.90 Å². The molecule has 1 aliphatic carbocycles. The topological polar surface area (TPSA) is 175 Å². The number of carbonyl (C=O) groups is 5. The van der Waals surface area contributed by atoms with Crippen molar-refractivity contribution in [2.45, 2.75) is 180 Å². The summed E-state index contributed by atoms with van der Waals surface area (Å²) in [4.78, 5) is 71.6. The lowest BCUT2D eigenvalue weighted by molar-refractivity contribution is -0.265. The van der Waals surface area contributed by atoms with E-state index in [-0.39, 0.29) is 60.4 Å². The smallest absolute Gasteiger partial charge is 0.329 e. The van der Waals surface area contributed by atoms with E-state index in [1.54, 1.807) is 35.0 Å². The number of alkyl halides is 1. The number of ether oxygens (including phenoxy) is 5. The standard InChI is InChI=1S/C51H78FNO12/c1-30-16-12-11-13-17-31(2)42(61-8)28-38-21-19-36(7)51(60,65-38)48(57)49(58)53-23-15-14-18-39(53)50(59)64-43(33(4)26-37-20-22-40(54)44(27-37)62-9)29-41(55)32(3)25-34(5)45(52)47(63-10)46(56)35(6)24-30/h11-13,16-17,25,30,32-33,35-40,42-45,47,54,60H,14-15,18-24,26-29H2,1-10H3/b13-11?,16-12+,31-17?,34-25+/t30-,32-,33-,35-,36-,37+,38?,39?,40?,42+,43+,44-,45-,47-,51-/m1/s1. The molecule has 13 nitrogen and oxygen atoms in total. The number of amides is 1. The van der Waals surface area contributed by atoms with Gasteiger partial charge in [-0.15, -0.1) is 0 Å². The molecule has 1 amide bonds. The van der Waals surface area contributed by atoms with Gasteiger partial charge in [-0.05, 0) is 107 Å². The second-order valence-electron chi connectivity index (χ2n) is 19.5. The molecule has 0 aromatic carbocycles. The van der Waals surface area contributed by atoms with E-state index in [0.29, 0.717) is 64.2 Å². The number of methoxy groups -OCH3 is 3. The largest absolute Gasteiger partial charge is 0.460 e. The van der Waals surface area contributed by atoms with Crippen LogP contribution in [0.3, 0.4) is 0 Å². The molecule has 3 aliphatic heterocycles. The van der Waals surface area contributed by atoms with Gasteiger partial charge in [0, 0.05) is 58.5 Å². The SMILES string of the molecule is CO[C@H]1CC2CC[C@@H](C)[C@@](O)(O2)C(=O)C(=O)N2CCCCC2C(=O)O[C@H]([C@H](C)C[C@@H]2CCC(O)[C@H](OC)C2)CC(=O)[C@H](C)/C=C(\C)[C@@H](F)[C@@H](OC)C(=O)[C@H](C)C[C@H](C)/C=C/C=CC=C1C. The first-order valence-corrected chi connectivity index (χ1v) is 23.9. The maximum absolute atomic E-state index is 16.2. The van der Waals surface area contributed by atoms with E-state index in [0.717, 1.165) is 5.57 Å². The van der Waals surface area contributed by atoms with Crippen LogP contribution in [0.2, 0.25) is 0 Å². The summed E-state index contributed by atoms with van der Waals surface area (Å²) in [6, 6.07) is -1.16. The third-order valence-electron chi connectivity index (χ3n) is 14.4. The second kappa shape index (κ2) is 25.1. The first kappa shape index (κ1) is 54.2. The zero-order valence-electron chi connectivity index (χ0n) is 40.5. The maximum atomic E-state index is 16.2. The summed E-state index contributed by atoms with van der Waals surface area (Å²) in [5.41, 5.74) is 1.03. The van der Waals surface area contributed by atoms with Crippen LogP contribution in [0.25, 0.3) is 0 Å². The predicted octanol–water partition coefficient (Wildman–Crippen LogP) is 7.16. The molecule has 14 heteroatoms. The molecule has 0 aromatic rings. The second-order valence-corrected chi connectivity index (χ2v) is 19.5. The summed E-state index contributed by atoms with van der Waals surface area (Å²) < 4.78 is 45.4. The minimum Gasteiger partial charge on any atom is -0.460 e. The van der Waals surface area contributed by atoms with Crippen molar-refractivity contribution in [2.24, 2.45) is 35.5 Å². The van der Waals surface area contributed by atoms with Crippen molar-refractivity contribution in [2.75, 3.05) is 27.9 Å². The predicted molar refractivity (Wildman–Crippen MR) is 244 cm³/mol.